The highest BCUT2D eigenvalue weighted by Crippen LogP contribution is 2.24. The van der Waals surface area contributed by atoms with Crippen molar-refractivity contribution in [2.24, 2.45) is 13.0 Å². The van der Waals surface area contributed by atoms with Crippen molar-refractivity contribution in [3.63, 3.8) is 0 Å². The first kappa shape index (κ1) is 15.6. The second kappa shape index (κ2) is 6.42. The second-order valence-electron chi connectivity index (χ2n) is 5.59. The summed E-state index contributed by atoms with van der Waals surface area (Å²) in [6.07, 6.45) is 3.60. The van der Waals surface area contributed by atoms with Gasteiger partial charge in [0.15, 0.2) is 0 Å². The summed E-state index contributed by atoms with van der Waals surface area (Å²) >= 11 is 6.07. The summed E-state index contributed by atoms with van der Waals surface area (Å²) < 4.78 is 1.63. The topological polar surface area (TPSA) is 67.2 Å². The Bertz CT molecular complexity index is 743. The lowest BCUT2D eigenvalue weighted by Gasteiger charge is -2.14. The molecular formula is C16H17ClN4O2. The Labute approximate surface area is 139 Å². The van der Waals surface area contributed by atoms with Crippen LogP contribution in [0, 0.1) is 5.92 Å². The van der Waals surface area contributed by atoms with Gasteiger partial charge in [-0.15, -0.1) is 0 Å². The highest BCUT2D eigenvalue weighted by Gasteiger charge is 2.35. The van der Waals surface area contributed by atoms with Crippen LogP contribution in [0.4, 0.5) is 5.69 Å². The standard InChI is InChI=1S/C16H17ClN4O2/c1-20-10-13(8-19-20)21-9-12(6-15(21)22)16(23)18-7-11-4-2-3-5-14(11)17/h2-5,8,10,12H,6-7,9H2,1H3,(H,18,23). The van der Waals surface area contributed by atoms with Gasteiger partial charge in [-0.2, -0.15) is 5.10 Å². The highest BCUT2D eigenvalue weighted by molar-refractivity contribution is 6.31. The van der Waals surface area contributed by atoms with Crippen LogP contribution in [-0.2, 0) is 23.2 Å². The van der Waals surface area contributed by atoms with Gasteiger partial charge in [0.2, 0.25) is 11.8 Å². The molecule has 3 rings (SSSR count). The fraction of sp³-hybridized carbons (Fsp3) is 0.312. The maximum absolute atomic E-state index is 12.3. The molecule has 6 nitrogen and oxygen atoms in total. The number of rotatable bonds is 4. The number of hydrogen-bond donors (Lipinski definition) is 1. The number of carbonyl (C=O) groups is 2. The minimum Gasteiger partial charge on any atom is -0.352 e. The van der Waals surface area contributed by atoms with Crippen LogP contribution in [0.3, 0.4) is 0 Å². The number of nitrogens with one attached hydrogen (secondary N) is 1. The number of benzene rings is 1. The molecule has 120 valence electrons. The van der Waals surface area contributed by atoms with Crippen LogP contribution < -0.4 is 10.2 Å². The van der Waals surface area contributed by atoms with Crippen LogP contribution >= 0.6 is 11.6 Å². The van der Waals surface area contributed by atoms with E-state index in [1.54, 1.807) is 35.1 Å². The van der Waals surface area contributed by atoms with Gasteiger partial charge in [-0.05, 0) is 11.6 Å². The van der Waals surface area contributed by atoms with Crippen molar-refractivity contribution >= 4 is 29.1 Å². The molecule has 1 aromatic carbocycles. The molecule has 2 aromatic rings. The van der Waals surface area contributed by atoms with Gasteiger partial charge in [-0.25, -0.2) is 0 Å². The van der Waals surface area contributed by atoms with Crippen LogP contribution in [0.1, 0.15) is 12.0 Å². The van der Waals surface area contributed by atoms with E-state index in [0.717, 1.165) is 11.3 Å². The largest absolute Gasteiger partial charge is 0.352 e. The number of aromatic nitrogens is 2. The molecule has 1 unspecified atom stereocenters. The van der Waals surface area contributed by atoms with Crippen molar-refractivity contribution in [3.05, 3.63) is 47.2 Å². The number of aryl methyl sites for hydroxylation is 1. The first-order chi connectivity index (χ1) is 11.0. The predicted molar refractivity (Wildman–Crippen MR) is 87.0 cm³/mol. The Hall–Kier alpha value is -2.34. The highest BCUT2D eigenvalue weighted by atomic mass is 35.5. The van der Waals surface area contributed by atoms with E-state index in [1.807, 2.05) is 18.2 Å². The maximum Gasteiger partial charge on any atom is 0.227 e. The number of halogens is 1. The van der Waals surface area contributed by atoms with Crippen molar-refractivity contribution in [2.75, 3.05) is 11.4 Å². The summed E-state index contributed by atoms with van der Waals surface area (Å²) in [7, 11) is 1.79. The number of anilines is 1. The van der Waals surface area contributed by atoms with Gasteiger partial charge in [0.1, 0.15) is 0 Å². The third-order valence-electron chi connectivity index (χ3n) is 3.91. The Morgan fingerprint density at radius 2 is 2.22 bits per heavy atom. The smallest absolute Gasteiger partial charge is 0.227 e. The quantitative estimate of drug-likeness (QED) is 0.927. The summed E-state index contributed by atoms with van der Waals surface area (Å²) in [5.74, 6) is -0.550. The van der Waals surface area contributed by atoms with E-state index >= 15 is 0 Å². The van der Waals surface area contributed by atoms with Crippen molar-refractivity contribution in [1.82, 2.24) is 15.1 Å². The Balaban J connectivity index is 1.61. The van der Waals surface area contributed by atoms with Gasteiger partial charge in [-0.1, -0.05) is 29.8 Å². The second-order valence-corrected chi connectivity index (χ2v) is 5.99. The number of hydrogen-bond acceptors (Lipinski definition) is 3. The van der Waals surface area contributed by atoms with Crippen molar-refractivity contribution < 1.29 is 9.59 Å². The molecule has 0 bridgehead atoms. The molecule has 0 radical (unpaired) electrons. The van der Waals surface area contributed by atoms with Gasteiger partial charge in [0, 0.05) is 37.8 Å². The molecule has 0 saturated carbocycles. The molecule has 1 saturated heterocycles. The number of nitrogens with zero attached hydrogens (tertiary/aromatic N) is 3. The van der Waals surface area contributed by atoms with Gasteiger partial charge < -0.3 is 10.2 Å². The molecule has 1 aliphatic heterocycles. The van der Waals surface area contributed by atoms with Gasteiger partial charge in [0.25, 0.3) is 0 Å². The summed E-state index contributed by atoms with van der Waals surface area (Å²) in [6, 6.07) is 7.36. The minimum absolute atomic E-state index is 0.0594. The SMILES string of the molecule is Cn1cc(N2CC(C(=O)NCc3ccccc3Cl)CC2=O)cn1. The molecule has 1 aromatic heterocycles. The van der Waals surface area contributed by atoms with Crippen molar-refractivity contribution in [2.45, 2.75) is 13.0 Å². The summed E-state index contributed by atoms with van der Waals surface area (Å²) in [5, 5.41) is 7.53. The molecule has 1 fully saturated rings. The lowest BCUT2D eigenvalue weighted by atomic mass is 10.1. The zero-order valence-electron chi connectivity index (χ0n) is 12.7. The zero-order valence-corrected chi connectivity index (χ0v) is 13.5. The molecule has 2 heterocycles. The molecule has 0 aliphatic carbocycles. The van der Waals surface area contributed by atoms with Gasteiger partial charge >= 0.3 is 0 Å². The number of amides is 2. The fourth-order valence-corrected chi connectivity index (χ4v) is 2.85. The third kappa shape index (κ3) is 3.37. The van der Waals surface area contributed by atoms with E-state index in [9.17, 15) is 9.59 Å². The van der Waals surface area contributed by atoms with Crippen molar-refractivity contribution in [3.8, 4) is 0 Å². The van der Waals surface area contributed by atoms with Gasteiger partial charge in [0.05, 0.1) is 17.8 Å². The molecule has 23 heavy (non-hydrogen) atoms. The van der Waals surface area contributed by atoms with Gasteiger partial charge in [-0.3, -0.25) is 14.3 Å². The van der Waals surface area contributed by atoms with E-state index in [0.29, 0.717) is 18.1 Å². The van der Waals surface area contributed by atoms with E-state index in [1.165, 1.54) is 0 Å². The van der Waals surface area contributed by atoms with Crippen LogP contribution in [0.5, 0.6) is 0 Å². The first-order valence-electron chi connectivity index (χ1n) is 7.34. The Morgan fingerprint density at radius 1 is 1.43 bits per heavy atom. The third-order valence-corrected chi connectivity index (χ3v) is 4.28. The number of carbonyl (C=O) groups excluding carboxylic acids is 2. The normalized spacial score (nSPS) is 17.6. The van der Waals surface area contributed by atoms with Crippen LogP contribution in [0.15, 0.2) is 36.7 Å². The van der Waals surface area contributed by atoms with E-state index in [-0.39, 0.29) is 24.2 Å². The first-order valence-corrected chi connectivity index (χ1v) is 7.72. The Kier molecular flexibility index (Phi) is 4.34. The lowest BCUT2D eigenvalue weighted by Crippen LogP contribution is -2.32. The van der Waals surface area contributed by atoms with Crippen LogP contribution in [-0.4, -0.2) is 28.1 Å². The monoisotopic (exact) mass is 332 g/mol. The van der Waals surface area contributed by atoms with Crippen LogP contribution in [0.2, 0.25) is 5.02 Å². The molecule has 0 spiro atoms. The van der Waals surface area contributed by atoms with Crippen LogP contribution in [0.25, 0.3) is 0 Å². The molecule has 1 atom stereocenters. The summed E-state index contributed by atoms with van der Waals surface area (Å²) in [6.45, 7) is 0.731. The van der Waals surface area contributed by atoms with E-state index in [4.69, 9.17) is 11.6 Å². The molecule has 2 amide bonds. The maximum atomic E-state index is 12.3. The predicted octanol–water partition coefficient (Wildman–Crippen LogP) is 1.74. The average molecular weight is 333 g/mol. The van der Waals surface area contributed by atoms with Crippen molar-refractivity contribution in [1.29, 1.82) is 0 Å². The van der Waals surface area contributed by atoms with E-state index < -0.39 is 0 Å². The lowest BCUT2D eigenvalue weighted by molar-refractivity contribution is -0.126. The summed E-state index contributed by atoms with van der Waals surface area (Å²) in [5.41, 5.74) is 1.58. The Morgan fingerprint density at radius 3 is 2.91 bits per heavy atom. The average Bonchev–Trinajstić information content (AvgIpc) is 3.12. The minimum atomic E-state index is -0.356. The molecular weight excluding hydrogens is 316 g/mol. The molecule has 1 N–H and O–H groups in total. The molecule has 1 aliphatic rings. The zero-order chi connectivity index (χ0) is 16.4. The molecule has 7 heteroatoms. The summed E-state index contributed by atoms with van der Waals surface area (Å²) in [4.78, 5) is 26.0. The fourth-order valence-electron chi connectivity index (χ4n) is 2.65. The van der Waals surface area contributed by atoms with E-state index in [2.05, 4.69) is 10.4 Å².